The van der Waals surface area contributed by atoms with Crippen LogP contribution in [0.1, 0.15) is 41.1 Å². The van der Waals surface area contributed by atoms with Crippen molar-refractivity contribution in [1.29, 1.82) is 0 Å². The third kappa shape index (κ3) is 5.29. The quantitative estimate of drug-likeness (QED) is 0.425. The summed E-state index contributed by atoms with van der Waals surface area (Å²) in [6.07, 6.45) is 3.37. The Balaban J connectivity index is 1.65. The van der Waals surface area contributed by atoms with E-state index in [1.54, 1.807) is 18.2 Å². The summed E-state index contributed by atoms with van der Waals surface area (Å²) in [6, 6.07) is 12.5. The molecule has 2 aromatic carbocycles. The number of amides is 1. The van der Waals surface area contributed by atoms with E-state index in [-0.39, 0.29) is 23.6 Å². The summed E-state index contributed by atoms with van der Waals surface area (Å²) in [4.78, 5) is 20.5. The second-order valence-corrected chi connectivity index (χ2v) is 8.72. The minimum atomic E-state index is -0.339. The highest BCUT2D eigenvalue weighted by molar-refractivity contribution is 6.36. The number of carbonyl (C=O) groups is 1. The van der Waals surface area contributed by atoms with Gasteiger partial charge in [0.25, 0.3) is 5.91 Å². The summed E-state index contributed by atoms with van der Waals surface area (Å²) < 4.78 is 13.3. The van der Waals surface area contributed by atoms with Gasteiger partial charge in [0.1, 0.15) is 0 Å². The predicted molar refractivity (Wildman–Crippen MR) is 123 cm³/mol. The number of hydrogen-bond acceptors (Lipinski definition) is 2. The van der Waals surface area contributed by atoms with Crippen LogP contribution in [0.4, 0.5) is 4.39 Å². The molecule has 0 aliphatic heterocycles. The van der Waals surface area contributed by atoms with Crippen molar-refractivity contribution in [3.05, 3.63) is 86.5 Å². The van der Waals surface area contributed by atoms with Gasteiger partial charge < -0.3 is 10.3 Å². The fourth-order valence-corrected chi connectivity index (χ4v) is 4.17. The van der Waals surface area contributed by atoms with E-state index in [9.17, 15) is 9.18 Å². The Labute approximate surface area is 194 Å². The molecule has 1 amide bonds. The summed E-state index contributed by atoms with van der Waals surface area (Å²) in [5.74, 6) is -0.289. The Bertz CT molecular complexity index is 1140. The van der Waals surface area contributed by atoms with Crippen LogP contribution in [0.15, 0.2) is 54.4 Å². The van der Waals surface area contributed by atoms with Crippen LogP contribution in [0, 0.1) is 0 Å². The average molecular weight is 479 g/mol. The standard InChI is InChI=1S/C23H19Cl3FN3O/c24-14-3-1-13(2-4-14)11-20-21(18-10-5-15(25)12-19(18)26)30-22(29-20)23(31)28-17-8-6-16(27)7-9-17/h1-6,10,12,17H,7-9,11H2,(H,28,31)(H,29,30). The molecule has 0 fully saturated rings. The zero-order chi connectivity index (χ0) is 22.0. The molecule has 1 aliphatic rings. The molecule has 3 aromatic rings. The number of hydrogen-bond donors (Lipinski definition) is 2. The maximum Gasteiger partial charge on any atom is 0.287 e. The van der Waals surface area contributed by atoms with Crippen molar-refractivity contribution < 1.29 is 9.18 Å². The molecular weight excluding hydrogens is 460 g/mol. The van der Waals surface area contributed by atoms with Crippen LogP contribution in [0.5, 0.6) is 0 Å². The Kier molecular flexibility index (Phi) is 6.65. The van der Waals surface area contributed by atoms with Gasteiger partial charge in [-0.3, -0.25) is 4.79 Å². The lowest BCUT2D eigenvalue weighted by molar-refractivity contribution is 0.0924. The number of benzene rings is 2. The number of rotatable bonds is 5. The highest BCUT2D eigenvalue weighted by Gasteiger charge is 2.22. The largest absolute Gasteiger partial charge is 0.346 e. The smallest absolute Gasteiger partial charge is 0.287 e. The van der Waals surface area contributed by atoms with Crippen molar-refractivity contribution in [1.82, 2.24) is 15.3 Å². The van der Waals surface area contributed by atoms with E-state index < -0.39 is 0 Å². The van der Waals surface area contributed by atoms with Crippen molar-refractivity contribution in [2.45, 2.75) is 31.7 Å². The first kappa shape index (κ1) is 21.9. The number of H-pyrrole nitrogens is 1. The monoisotopic (exact) mass is 477 g/mol. The Hall–Kier alpha value is -2.34. The fourth-order valence-electron chi connectivity index (χ4n) is 3.54. The van der Waals surface area contributed by atoms with E-state index in [1.807, 2.05) is 24.3 Å². The predicted octanol–water partition coefficient (Wildman–Crippen LogP) is 6.76. The summed E-state index contributed by atoms with van der Waals surface area (Å²) in [5.41, 5.74) is 3.00. The van der Waals surface area contributed by atoms with E-state index in [1.165, 1.54) is 6.08 Å². The second kappa shape index (κ2) is 9.43. The first-order valence-electron chi connectivity index (χ1n) is 9.83. The van der Waals surface area contributed by atoms with Gasteiger partial charge in [0.15, 0.2) is 5.82 Å². The molecule has 4 rings (SSSR count). The number of imidazole rings is 1. The van der Waals surface area contributed by atoms with Crippen molar-refractivity contribution in [3.8, 4) is 11.3 Å². The van der Waals surface area contributed by atoms with Crippen LogP contribution < -0.4 is 5.32 Å². The topological polar surface area (TPSA) is 57.8 Å². The van der Waals surface area contributed by atoms with E-state index in [0.717, 1.165) is 11.3 Å². The Morgan fingerprint density at radius 3 is 2.55 bits per heavy atom. The van der Waals surface area contributed by atoms with Crippen LogP contribution in [-0.2, 0) is 6.42 Å². The third-order valence-electron chi connectivity index (χ3n) is 5.16. The zero-order valence-electron chi connectivity index (χ0n) is 16.4. The van der Waals surface area contributed by atoms with E-state index in [4.69, 9.17) is 34.8 Å². The molecule has 31 heavy (non-hydrogen) atoms. The van der Waals surface area contributed by atoms with Crippen LogP contribution in [0.25, 0.3) is 11.3 Å². The Morgan fingerprint density at radius 2 is 1.87 bits per heavy atom. The molecule has 1 unspecified atom stereocenters. The average Bonchev–Trinajstić information content (AvgIpc) is 3.15. The molecule has 1 atom stereocenters. The van der Waals surface area contributed by atoms with Crippen molar-refractivity contribution in [3.63, 3.8) is 0 Å². The number of nitrogens with zero attached hydrogens (tertiary/aromatic N) is 1. The highest BCUT2D eigenvalue weighted by Crippen LogP contribution is 2.32. The number of halogens is 4. The molecule has 1 aliphatic carbocycles. The molecule has 4 nitrogen and oxygen atoms in total. The number of aromatic amines is 1. The van der Waals surface area contributed by atoms with Crippen molar-refractivity contribution >= 4 is 40.7 Å². The van der Waals surface area contributed by atoms with Gasteiger partial charge in [0, 0.05) is 40.2 Å². The number of nitrogens with one attached hydrogen (secondary N) is 2. The molecule has 8 heteroatoms. The number of aromatic nitrogens is 2. The first-order valence-corrected chi connectivity index (χ1v) is 11.0. The Morgan fingerprint density at radius 1 is 1.13 bits per heavy atom. The van der Waals surface area contributed by atoms with E-state index in [0.29, 0.717) is 52.0 Å². The van der Waals surface area contributed by atoms with Crippen molar-refractivity contribution in [2.75, 3.05) is 0 Å². The number of carbonyl (C=O) groups excluding carboxylic acids is 1. The van der Waals surface area contributed by atoms with Gasteiger partial charge in [-0.05, 0) is 48.7 Å². The SMILES string of the molecule is O=C(NC1CC=C(F)CC1)c1nc(-c2ccc(Cl)cc2Cl)c(Cc2ccc(Cl)cc2)[nH]1. The molecule has 1 aromatic heterocycles. The van der Waals surface area contributed by atoms with Gasteiger partial charge in [-0.15, -0.1) is 0 Å². The lowest BCUT2D eigenvalue weighted by Gasteiger charge is -2.19. The van der Waals surface area contributed by atoms with E-state index in [2.05, 4.69) is 15.3 Å². The van der Waals surface area contributed by atoms with Gasteiger partial charge in [0.2, 0.25) is 0 Å². The fraction of sp³-hybridized carbons (Fsp3) is 0.217. The lowest BCUT2D eigenvalue weighted by atomic mass is 10.0. The zero-order valence-corrected chi connectivity index (χ0v) is 18.7. The van der Waals surface area contributed by atoms with Gasteiger partial charge in [-0.2, -0.15) is 0 Å². The number of allylic oxidation sites excluding steroid dienone is 1. The minimum absolute atomic E-state index is 0.126. The molecule has 0 bridgehead atoms. The summed E-state index contributed by atoms with van der Waals surface area (Å²) in [7, 11) is 0. The van der Waals surface area contributed by atoms with Crippen LogP contribution in [-0.4, -0.2) is 21.9 Å². The van der Waals surface area contributed by atoms with Crippen LogP contribution >= 0.6 is 34.8 Å². The maximum atomic E-state index is 13.3. The molecule has 160 valence electrons. The molecule has 0 saturated heterocycles. The maximum absolute atomic E-state index is 13.3. The van der Waals surface area contributed by atoms with Crippen LogP contribution in [0.3, 0.4) is 0 Å². The normalized spacial score (nSPS) is 16.1. The summed E-state index contributed by atoms with van der Waals surface area (Å²) in [5, 5.41) is 4.53. The molecular formula is C23H19Cl3FN3O. The molecule has 0 spiro atoms. The van der Waals surface area contributed by atoms with Gasteiger partial charge >= 0.3 is 0 Å². The van der Waals surface area contributed by atoms with Crippen LogP contribution in [0.2, 0.25) is 15.1 Å². The van der Waals surface area contributed by atoms with Gasteiger partial charge in [0.05, 0.1) is 16.5 Å². The molecule has 0 radical (unpaired) electrons. The van der Waals surface area contributed by atoms with Crippen molar-refractivity contribution in [2.24, 2.45) is 0 Å². The lowest BCUT2D eigenvalue weighted by Crippen LogP contribution is -2.36. The highest BCUT2D eigenvalue weighted by atomic mass is 35.5. The second-order valence-electron chi connectivity index (χ2n) is 7.44. The first-order chi connectivity index (χ1) is 14.9. The molecule has 2 N–H and O–H groups in total. The van der Waals surface area contributed by atoms with E-state index >= 15 is 0 Å². The third-order valence-corrected chi connectivity index (χ3v) is 5.96. The van der Waals surface area contributed by atoms with Gasteiger partial charge in [-0.1, -0.05) is 53.0 Å². The van der Waals surface area contributed by atoms with Gasteiger partial charge in [-0.25, -0.2) is 9.37 Å². The summed E-state index contributed by atoms with van der Waals surface area (Å²) in [6.45, 7) is 0. The molecule has 0 saturated carbocycles. The minimum Gasteiger partial charge on any atom is -0.346 e. The summed E-state index contributed by atoms with van der Waals surface area (Å²) >= 11 is 18.5. The molecule has 1 heterocycles.